The van der Waals surface area contributed by atoms with Gasteiger partial charge in [0.2, 0.25) is 10.0 Å². The van der Waals surface area contributed by atoms with Crippen LogP contribution in [0.3, 0.4) is 0 Å². The molecule has 1 N–H and O–H groups in total. The van der Waals surface area contributed by atoms with E-state index in [0.717, 1.165) is 30.4 Å². The number of nitrogens with one attached hydrogen (secondary N) is 1. The maximum Gasteiger partial charge on any atom is 0.255 e. The number of amides is 1. The molecule has 0 aliphatic carbocycles. The molecular weight excluding hydrogens is 424 g/mol. The molecule has 1 amide bonds. The fourth-order valence-electron chi connectivity index (χ4n) is 3.82. The molecule has 6 nitrogen and oxygen atoms in total. The second kappa shape index (κ2) is 9.54. The van der Waals surface area contributed by atoms with Crippen LogP contribution in [0.5, 0.6) is 5.75 Å². The van der Waals surface area contributed by atoms with E-state index in [-0.39, 0.29) is 5.91 Å². The molecule has 0 spiro atoms. The molecule has 0 saturated carbocycles. The van der Waals surface area contributed by atoms with Gasteiger partial charge in [-0.2, -0.15) is 4.31 Å². The van der Waals surface area contributed by atoms with Crippen LogP contribution in [-0.4, -0.2) is 38.8 Å². The predicted octanol–water partition coefficient (Wildman–Crippen LogP) is 4.79. The van der Waals surface area contributed by atoms with E-state index in [1.165, 1.54) is 0 Å². The van der Waals surface area contributed by atoms with E-state index in [9.17, 15) is 13.2 Å². The van der Waals surface area contributed by atoms with Crippen LogP contribution in [0.15, 0.2) is 77.7 Å². The van der Waals surface area contributed by atoms with Crippen molar-refractivity contribution in [2.45, 2.75) is 24.2 Å². The number of hydrogen-bond acceptors (Lipinski definition) is 4. The van der Waals surface area contributed by atoms with Crippen LogP contribution in [0, 0.1) is 0 Å². The molecule has 1 aliphatic rings. The minimum absolute atomic E-state index is 0.232. The molecular formula is C25H26N2O4S. The lowest BCUT2D eigenvalue weighted by molar-refractivity contribution is 0.102. The largest absolute Gasteiger partial charge is 0.497 e. The molecule has 7 heteroatoms. The molecule has 0 radical (unpaired) electrons. The van der Waals surface area contributed by atoms with Gasteiger partial charge >= 0.3 is 0 Å². The Hall–Kier alpha value is -3.16. The number of ether oxygens (including phenoxy) is 1. The number of nitrogens with zero attached hydrogens (tertiary/aromatic N) is 1. The van der Waals surface area contributed by atoms with Crippen molar-refractivity contribution in [2.75, 3.05) is 25.5 Å². The summed E-state index contributed by atoms with van der Waals surface area (Å²) in [6.07, 6.45) is 2.89. The quantitative estimate of drug-likeness (QED) is 0.586. The van der Waals surface area contributed by atoms with Gasteiger partial charge in [-0.1, -0.05) is 36.8 Å². The summed E-state index contributed by atoms with van der Waals surface area (Å²) in [5.41, 5.74) is 2.84. The lowest BCUT2D eigenvalue weighted by atomic mass is 10.0. The highest BCUT2D eigenvalue weighted by molar-refractivity contribution is 7.89. The lowest BCUT2D eigenvalue weighted by Gasteiger charge is -2.25. The van der Waals surface area contributed by atoms with Crippen molar-refractivity contribution in [1.29, 1.82) is 0 Å². The predicted molar refractivity (Wildman–Crippen MR) is 125 cm³/mol. The Morgan fingerprint density at radius 2 is 1.59 bits per heavy atom. The molecule has 0 atom stereocenters. The van der Waals surface area contributed by atoms with E-state index < -0.39 is 10.0 Å². The third kappa shape index (κ3) is 4.84. The highest BCUT2D eigenvalue weighted by Gasteiger charge is 2.25. The molecule has 32 heavy (non-hydrogen) atoms. The third-order valence-electron chi connectivity index (χ3n) is 5.59. The molecule has 1 fully saturated rings. The Morgan fingerprint density at radius 1 is 0.875 bits per heavy atom. The van der Waals surface area contributed by atoms with Gasteiger partial charge in [-0.25, -0.2) is 8.42 Å². The summed E-state index contributed by atoms with van der Waals surface area (Å²) < 4.78 is 32.5. The topological polar surface area (TPSA) is 75.7 Å². The van der Waals surface area contributed by atoms with E-state index in [1.807, 2.05) is 24.3 Å². The van der Waals surface area contributed by atoms with Crippen LogP contribution in [0.2, 0.25) is 0 Å². The Balaban J connectivity index is 1.52. The Kier molecular flexibility index (Phi) is 6.58. The summed E-state index contributed by atoms with van der Waals surface area (Å²) >= 11 is 0. The Morgan fingerprint density at radius 3 is 2.31 bits per heavy atom. The van der Waals surface area contributed by atoms with Gasteiger partial charge in [0.25, 0.3) is 5.91 Å². The van der Waals surface area contributed by atoms with Gasteiger partial charge in [-0.15, -0.1) is 0 Å². The SMILES string of the molecule is COc1cccc(NC(=O)c2cccc(-c3ccc(S(=O)(=O)N4CCCCC4)cc3)c2)c1. The van der Waals surface area contributed by atoms with Crippen molar-refractivity contribution in [1.82, 2.24) is 4.31 Å². The van der Waals surface area contributed by atoms with Crippen LogP contribution in [0.1, 0.15) is 29.6 Å². The second-order valence-corrected chi connectivity index (χ2v) is 9.69. The Labute approximate surface area is 188 Å². The van der Waals surface area contributed by atoms with Crippen molar-refractivity contribution in [3.63, 3.8) is 0 Å². The van der Waals surface area contributed by atoms with Gasteiger partial charge in [-0.05, 0) is 60.4 Å². The van der Waals surface area contributed by atoms with Gasteiger partial charge in [0.05, 0.1) is 12.0 Å². The van der Waals surface area contributed by atoms with Crippen molar-refractivity contribution >= 4 is 21.6 Å². The summed E-state index contributed by atoms with van der Waals surface area (Å²) in [4.78, 5) is 13.0. The summed E-state index contributed by atoms with van der Waals surface area (Å²) in [5, 5.41) is 2.87. The van der Waals surface area contributed by atoms with Gasteiger partial charge < -0.3 is 10.1 Å². The smallest absolute Gasteiger partial charge is 0.255 e. The first kappa shape index (κ1) is 22.0. The molecule has 4 rings (SSSR count). The molecule has 3 aromatic rings. The zero-order valence-corrected chi connectivity index (χ0v) is 18.8. The monoisotopic (exact) mass is 450 g/mol. The van der Waals surface area contributed by atoms with Crippen LogP contribution in [-0.2, 0) is 10.0 Å². The van der Waals surface area contributed by atoms with Crippen molar-refractivity contribution < 1.29 is 17.9 Å². The highest BCUT2D eigenvalue weighted by atomic mass is 32.2. The fraction of sp³-hybridized carbons (Fsp3) is 0.240. The number of methoxy groups -OCH3 is 1. The summed E-state index contributed by atoms with van der Waals surface area (Å²) in [6.45, 7) is 1.16. The maximum atomic E-state index is 12.9. The average molecular weight is 451 g/mol. The second-order valence-electron chi connectivity index (χ2n) is 7.76. The van der Waals surface area contributed by atoms with E-state index >= 15 is 0 Å². The first-order chi connectivity index (χ1) is 15.5. The highest BCUT2D eigenvalue weighted by Crippen LogP contribution is 2.26. The number of carbonyl (C=O) groups excluding carboxylic acids is 1. The number of sulfonamides is 1. The van der Waals surface area contributed by atoms with Gasteiger partial charge in [0, 0.05) is 30.4 Å². The lowest BCUT2D eigenvalue weighted by Crippen LogP contribution is -2.35. The van der Waals surface area contributed by atoms with E-state index in [2.05, 4.69) is 5.32 Å². The van der Waals surface area contributed by atoms with Gasteiger partial charge in [0.1, 0.15) is 5.75 Å². The summed E-state index contributed by atoms with van der Waals surface area (Å²) in [6, 6.07) is 21.3. The van der Waals surface area contributed by atoms with Crippen molar-refractivity contribution in [3.8, 4) is 16.9 Å². The summed E-state index contributed by atoms with van der Waals surface area (Å²) in [7, 11) is -1.89. The minimum Gasteiger partial charge on any atom is -0.497 e. The molecule has 0 unspecified atom stereocenters. The normalized spacial score (nSPS) is 14.7. The number of rotatable bonds is 6. The van der Waals surface area contributed by atoms with E-state index in [0.29, 0.717) is 35.0 Å². The number of hydrogen-bond donors (Lipinski definition) is 1. The number of carbonyl (C=O) groups is 1. The molecule has 1 saturated heterocycles. The third-order valence-corrected chi connectivity index (χ3v) is 7.51. The number of anilines is 1. The maximum absolute atomic E-state index is 12.9. The first-order valence-corrected chi connectivity index (χ1v) is 12.1. The molecule has 166 valence electrons. The van der Waals surface area contributed by atoms with Crippen molar-refractivity contribution in [2.24, 2.45) is 0 Å². The number of benzene rings is 3. The molecule has 3 aromatic carbocycles. The van der Waals surface area contributed by atoms with Crippen LogP contribution >= 0.6 is 0 Å². The van der Waals surface area contributed by atoms with E-state index in [1.54, 1.807) is 59.9 Å². The zero-order valence-electron chi connectivity index (χ0n) is 18.0. The zero-order chi connectivity index (χ0) is 22.6. The molecule has 1 aliphatic heterocycles. The van der Waals surface area contributed by atoms with Gasteiger partial charge in [0.15, 0.2) is 0 Å². The van der Waals surface area contributed by atoms with Crippen LogP contribution in [0.4, 0.5) is 5.69 Å². The van der Waals surface area contributed by atoms with Crippen LogP contribution in [0.25, 0.3) is 11.1 Å². The standard InChI is InChI=1S/C25H26N2O4S/c1-31-23-10-6-9-22(18-23)26-25(28)21-8-5-7-20(17-21)19-11-13-24(14-12-19)32(29,30)27-15-3-2-4-16-27/h5-14,17-18H,2-4,15-16H2,1H3,(H,26,28). The molecule has 1 heterocycles. The fourth-order valence-corrected chi connectivity index (χ4v) is 5.33. The molecule has 0 aromatic heterocycles. The molecule has 0 bridgehead atoms. The van der Waals surface area contributed by atoms with Crippen molar-refractivity contribution in [3.05, 3.63) is 78.4 Å². The Bertz CT molecular complexity index is 1200. The summed E-state index contributed by atoms with van der Waals surface area (Å²) in [5.74, 6) is 0.431. The van der Waals surface area contributed by atoms with Crippen LogP contribution < -0.4 is 10.1 Å². The minimum atomic E-state index is -3.46. The average Bonchev–Trinajstić information content (AvgIpc) is 2.85. The first-order valence-electron chi connectivity index (χ1n) is 10.6. The van der Waals surface area contributed by atoms with E-state index in [4.69, 9.17) is 4.74 Å². The van der Waals surface area contributed by atoms with Gasteiger partial charge in [-0.3, -0.25) is 4.79 Å². The number of piperidine rings is 1.